The van der Waals surface area contributed by atoms with Gasteiger partial charge < -0.3 is 15.4 Å². The van der Waals surface area contributed by atoms with Gasteiger partial charge in [0.15, 0.2) is 0 Å². The van der Waals surface area contributed by atoms with E-state index < -0.39 is 6.36 Å². The van der Waals surface area contributed by atoms with Crippen LogP contribution in [0, 0.1) is 0 Å². The Bertz CT molecular complexity index is 950. The van der Waals surface area contributed by atoms with Crippen LogP contribution in [0.4, 0.5) is 30.6 Å². The average molecular weight is 439 g/mol. The third-order valence-electron chi connectivity index (χ3n) is 3.45. The fourth-order valence-electron chi connectivity index (χ4n) is 2.32. The molecule has 0 aliphatic heterocycles. The summed E-state index contributed by atoms with van der Waals surface area (Å²) in [5.41, 5.74) is 1.70. The van der Waals surface area contributed by atoms with E-state index in [1.807, 2.05) is 24.3 Å². The summed E-state index contributed by atoms with van der Waals surface area (Å²) in [6.45, 7) is 0. The topological polar surface area (TPSA) is 59.1 Å². The summed E-state index contributed by atoms with van der Waals surface area (Å²) < 4.78 is 42.2. The van der Waals surface area contributed by atoms with Crippen LogP contribution in [0.2, 0.25) is 0 Å². The summed E-state index contributed by atoms with van der Waals surface area (Å²) in [4.78, 5) is 8.64. The SMILES string of the molecule is CNc1nc(Nc2ccccc2Br)cc(-c2cccc(OC(F)(F)F)c2)n1. The maximum absolute atomic E-state index is 12.5. The second kappa shape index (κ2) is 7.83. The second-order valence-electron chi connectivity index (χ2n) is 5.39. The molecule has 27 heavy (non-hydrogen) atoms. The molecule has 3 rings (SSSR count). The van der Waals surface area contributed by atoms with Crippen molar-refractivity contribution < 1.29 is 17.9 Å². The van der Waals surface area contributed by atoms with Gasteiger partial charge in [0.2, 0.25) is 5.95 Å². The van der Waals surface area contributed by atoms with Gasteiger partial charge in [-0.1, -0.05) is 24.3 Å². The average Bonchev–Trinajstić information content (AvgIpc) is 2.62. The van der Waals surface area contributed by atoms with Crippen LogP contribution < -0.4 is 15.4 Å². The number of anilines is 3. The lowest BCUT2D eigenvalue weighted by Gasteiger charge is -2.12. The molecular formula is C18H14BrF3N4O. The highest BCUT2D eigenvalue weighted by Gasteiger charge is 2.31. The minimum Gasteiger partial charge on any atom is -0.406 e. The number of ether oxygens (including phenoxy) is 1. The van der Waals surface area contributed by atoms with Crippen LogP contribution in [0.25, 0.3) is 11.3 Å². The highest BCUT2D eigenvalue weighted by atomic mass is 79.9. The summed E-state index contributed by atoms with van der Waals surface area (Å²) in [6.07, 6.45) is -4.76. The van der Waals surface area contributed by atoms with Crippen LogP contribution >= 0.6 is 15.9 Å². The van der Waals surface area contributed by atoms with Gasteiger partial charge in [0.25, 0.3) is 0 Å². The molecule has 0 aliphatic rings. The normalized spacial score (nSPS) is 11.1. The van der Waals surface area contributed by atoms with Gasteiger partial charge in [-0.2, -0.15) is 4.98 Å². The first-order valence-corrected chi connectivity index (χ1v) is 8.58. The maximum atomic E-state index is 12.5. The molecule has 1 aromatic heterocycles. The molecule has 0 atom stereocenters. The number of rotatable bonds is 5. The molecule has 0 saturated carbocycles. The third kappa shape index (κ3) is 5.10. The predicted molar refractivity (Wildman–Crippen MR) is 101 cm³/mol. The lowest BCUT2D eigenvalue weighted by Crippen LogP contribution is -2.17. The van der Waals surface area contributed by atoms with Gasteiger partial charge in [-0.15, -0.1) is 13.2 Å². The third-order valence-corrected chi connectivity index (χ3v) is 4.14. The zero-order valence-corrected chi connectivity index (χ0v) is 15.6. The Morgan fingerprint density at radius 3 is 2.48 bits per heavy atom. The zero-order valence-electron chi connectivity index (χ0n) is 14.0. The van der Waals surface area contributed by atoms with Gasteiger partial charge in [-0.25, -0.2) is 4.98 Å². The van der Waals surface area contributed by atoms with E-state index in [1.54, 1.807) is 19.2 Å². The van der Waals surface area contributed by atoms with E-state index in [0.717, 1.165) is 10.2 Å². The van der Waals surface area contributed by atoms with Crippen LogP contribution in [0.15, 0.2) is 59.1 Å². The molecule has 9 heteroatoms. The van der Waals surface area contributed by atoms with Crippen LogP contribution in [-0.2, 0) is 0 Å². The van der Waals surface area contributed by atoms with Crippen LogP contribution in [-0.4, -0.2) is 23.4 Å². The lowest BCUT2D eigenvalue weighted by atomic mass is 10.1. The molecule has 140 valence electrons. The number of aromatic nitrogens is 2. The quantitative estimate of drug-likeness (QED) is 0.543. The summed E-state index contributed by atoms with van der Waals surface area (Å²) >= 11 is 3.45. The number of benzene rings is 2. The first-order chi connectivity index (χ1) is 12.8. The number of hydrogen-bond acceptors (Lipinski definition) is 5. The van der Waals surface area contributed by atoms with Crippen molar-refractivity contribution in [1.29, 1.82) is 0 Å². The fraction of sp³-hybridized carbons (Fsp3) is 0.111. The Morgan fingerprint density at radius 2 is 1.78 bits per heavy atom. The number of hydrogen-bond donors (Lipinski definition) is 2. The number of nitrogens with zero attached hydrogens (tertiary/aromatic N) is 2. The van der Waals surface area contributed by atoms with E-state index in [2.05, 4.69) is 41.3 Å². The maximum Gasteiger partial charge on any atom is 0.573 e. The Morgan fingerprint density at radius 1 is 1.00 bits per heavy atom. The fourth-order valence-corrected chi connectivity index (χ4v) is 2.71. The molecule has 0 amide bonds. The molecule has 2 aromatic carbocycles. The Hall–Kier alpha value is -2.81. The standard InChI is InChI=1S/C18H14BrF3N4O/c1-23-17-25-15(11-5-4-6-12(9-11)27-18(20,21)22)10-16(26-17)24-14-8-3-2-7-13(14)19/h2-10H,1H3,(H2,23,24,25,26). The first-order valence-electron chi connectivity index (χ1n) is 7.78. The van der Waals surface area contributed by atoms with E-state index in [1.165, 1.54) is 18.2 Å². The minimum atomic E-state index is -4.76. The molecule has 0 fully saturated rings. The van der Waals surface area contributed by atoms with Gasteiger partial charge >= 0.3 is 6.36 Å². The van der Waals surface area contributed by atoms with Crippen LogP contribution in [0.3, 0.4) is 0 Å². The molecule has 3 aromatic rings. The van der Waals surface area contributed by atoms with Crippen LogP contribution in [0.5, 0.6) is 5.75 Å². The summed E-state index contributed by atoms with van der Waals surface area (Å²) in [5.74, 6) is 0.493. The van der Waals surface area contributed by atoms with Crippen molar-refractivity contribution in [3.8, 4) is 17.0 Å². The van der Waals surface area contributed by atoms with E-state index in [0.29, 0.717) is 23.0 Å². The Labute approximate surface area is 161 Å². The van der Waals surface area contributed by atoms with Crippen molar-refractivity contribution in [1.82, 2.24) is 9.97 Å². The molecular weight excluding hydrogens is 425 g/mol. The van der Waals surface area contributed by atoms with Crippen molar-refractivity contribution >= 4 is 33.4 Å². The summed E-state index contributed by atoms with van der Waals surface area (Å²) in [6, 6.07) is 14.8. The van der Waals surface area contributed by atoms with E-state index in [4.69, 9.17) is 0 Å². The van der Waals surface area contributed by atoms with E-state index >= 15 is 0 Å². The number of nitrogens with one attached hydrogen (secondary N) is 2. The van der Waals surface area contributed by atoms with E-state index in [-0.39, 0.29) is 5.75 Å². The van der Waals surface area contributed by atoms with Crippen molar-refractivity contribution in [2.24, 2.45) is 0 Å². The highest BCUT2D eigenvalue weighted by Crippen LogP contribution is 2.30. The molecule has 0 saturated heterocycles. The molecule has 0 spiro atoms. The molecule has 1 heterocycles. The molecule has 5 nitrogen and oxygen atoms in total. The molecule has 0 bridgehead atoms. The number of para-hydroxylation sites is 1. The second-order valence-corrected chi connectivity index (χ2v) is 6.25. The highest BCUT2D eigenvalue weighted by molar-refractivity contribution is 9.10. The summed E-state index contributed by atoms with van der Waals surface area (Å²) in [7, 11) is 1.66. The largest absolute Gasteiger partial charge is 0.573 e. The van der Waals surface area contributed by atoms with Gasteiger partial charge in [0, 0.05) is 23.2 Å². The number of alkyl halides is 3. The number of halogens is 4. The van der Waals surface area contributed by atoms with Gasteiger partial charge in [0.05, 0.1) is 11.4 Å². The monoisotopic (exact) mass is 438 g/mol. The first kappa shape index (κ1) is 19.0. The molecule has 0 aliphatic carbocycles. The van der Waals surface area contributed by atoms with Gasteiger partial charge in [-0.3, -0.25) is 0 Å². The molecule has 2 N–H and O–H groups in total. The van der Waals surface area contributed by atoms with Crippen molar-refractivity contribution in [2.75, 3.05) is 17.7 Å². The smallest absolute Gasteiger partial charge is 0.406 e. The lowest BCUT2D eigenvalue weighted by molar-refractivity contribution is -0.274. The van der Waals surface area contributed by atoms with Gasteiger partial charge in [-0.05, 0) is 40.2 Å². The van der Waals surface area contributed by atoms with Crippen LogP contribution in [0.1, 0.15) is 0 Å². The van der Waals surface area contributed by atoms with Crippen molar-refractivity contribution in [3.63, 3.8) is 0 Å². The van der Waals surface area contributed by atoms with E-state index in [9.17, 15) is 13.2 Å². The zero-order chi connectivity index (χ0) is 19.4. The Balaban J connectivity index is 1.96. The summed E-state index contributed by atoms with van der Waals surface area (Å²) in [5, 5.41) is 6.01. The predicted octanol–water partition coefficient (Wildman–Crippen LogP) is 5.59. The van der Waals surface area contributed by atoms with Crippen molar-refractivity contribution in [2.45, 2.75) is 6.36 Å². The van der Waals surface area contributed by atoms with Gasteiger partial charge in [0.1, 0.15) is 11.6 Å². The Kier molecular flexibility index (Phi) is 5.50. The molecule has 0 unspecified atom stereocenters. The molecule has 0 radical (unpaired) electrons. The minimum absolute atomic E-state index is 0.315. The van der Waals surface area contributed by atoms with Crippen molar-refractivity contribution in [3.05, 3.63) is 59.1 Å².